The van der Waals surface area contributed by atoms with Gasteiger partial charge in [-0.15, -0.1) is 0 Å². The van der Waals surface area contributed by atoms with Crippen LogP contribution in [0.4, 0.5) is 10.1 Å². The molecule has 2 rings (SSSR count). The molecule has 0 aliphatic carbocycles. The Morgan fingerprint density at radius 2 is 2.05 bits per heavy atom. The molecule has 1 aromatic carbocycles. The molecule has 0 saturated carbocycles. The van der Waals surface area contributed by atoms with Crippen LogP contribution in [0.2, 0.25) is 0 Å². The molecule has 0 bridgehead atoms. The van der Waals surface area contributed by atoms with Crippen molar-refractivity contribution in [3.05, 3.63) is 65.7 Å². The van der Waals surface area contributed by atoms with E-state index in [0.717, 1.165) is 11.6 Å². The number of hydrogen-bond donors (Lipinski definition) is 1. The van der Waals surface area contributed by atoms with E-state index < -0.39 is 5.97 Å². The van der Waals surface area contributed by atoms with Gasteiger partial charge in [0.2, 0.25) is 0 Å². The van der Waals surface area contributed by atoms with E-state index in [1.54, 1.807) is 36.5 Å². The van der Waals surface area contributed by atoms with Crippen molar-refractivity contribution in [3.8, 4) is 0 Å². The number of hydrogen-bond acceptors (Lipinski definition) is 3. The molecule has 2 aromatic rings. The number of carboxylic acids is 1. The lowest BCUT2D eigenvalue weighted by Crippen LogP contribution is -2.18. The van der Waals surface area contributed by atoms with Crippen LogP contribution in [0.15, 0.2) is 48.8 Å². The molecule has 1 aromatic heterocycles. The predicted molar refractivity (Wildman–Crippen MR) is 79.4 cm³/mol. The van der Waals surface area contributed by atoms with Gasteiger partial charge in [0.1, 0.15) is 5.82 Å². The molecular formula is C16H15FN2O2. The molecule has 0 spiro atoms. The average Bonchev–Trinajstić information content (AvgIpc) is 2.46. The number of aromatic nitrogens is 1. The first kappa shape index (κ1) is 14.7. The molecule has 0 aliphatic heterocycles. The molecule has 108 valence electrons. The number of pyridine rings is 1. The second kappa shape index (κ2) is 6.65. The first-order chi connectivity index (χ1) is 10.1. The Labute approximate surface area is 122 Å². The zero-order valence-corrected chi connectivity index (χ0v) is 11.5. The topological polar surface area (TPSA) is 53.4 Å². The van der Waals surface area contributed by atoms with Gasteiger partial charge < -0.3 is 10.0 Å². The minimum Gasteiger partial charge on any atom is -0.478 e. The Kier molecular flexibility index (Phi) is 4.66. The van der Waals surface area contributed by atoms with Crippen molar-refractivity contribution in [2.75, 3.05) is 11.9 Å². The summed E-state index contributed by atoms with van der Waals surface area (Å²) >= 11 is 0. The highest BCUT2D eigenvalue weighted by molar-refractivity contribution is 5.87. The maximum atomic E-state index is 14.1. The van der Waals surface area contributed by atoms with Crippen LogP contribution >= 0.6 is 0 Å². The Balaban J connectivity index is 2.31. The first-order valence-electron chi connectivity index (χ1n) is 6.37. The number of carbonyl (C=O) groups is 1. The highest BCUT2D eigenvalue weighted by Gasteiger charge is 2.12. The molecule has 0 aliphatic rings. The Bertz CT molecular complexity index is 657. The number of rotatable bonds is 5. The fourth-order valence-corrected chi connectivity index (χ4v) is 2.07. The van der Waals surface area contributed by atoms with Gasteiger partial charge in [0.15, 0.2) is 0 Å². The minimum absolute atomic E-state index is 0.367. The van der Waals surface area contributed by atoms with E-state index in [0.29, 0.717) is 17.8 Å². The van der Waals surface area contributed by atoms with E-state index in [1.165, 1.54) is 12.1 Å². The molecule has 0 saturated heterocycles. The molecule has 0 fully saturated rings. The van der Waals surface area contributed by atoms with E-state index in [9.17, 15) is 9.18 Å². The highest BCUT2D eigenvalue weighted by Crippen LogP contribution is 2.26. The van der Waals surface area contributed by atoms with Crippen LogP contribution in [0.25, 0.3) is 6.08 Å². The number of carboxylic acid groups (broad SMARTS) is 1. The summed E-state index contributed by atoms with van der Waals surface area (Å²) in [6.07, 6.45) is 5.74. The van der Waals surface area contributed by atoms with E-state index in [1.807, 2.05) is 12.1 Å². The number of nitrogens with zero attached hydrogens (tertiary/aromatic N) is 2. The third kappa shape index (κ3) is 3.89. The maximum absolute atomic E-state index is 14.1. The SMILES string of the molecule is CN(Cc1ccncc1)c1c(F)cccc1/C=C/C(=O)O. The predicted octanol–water partition coefficient (Wildman–Crippen LogP) is 2.95. The first-order valence-corrected chi connectivity index (χ1v) is 6.37. The number of anilines is 1. The van der Waals surface area contributed by atoms with Crippen molar-refractivity contribution >= 4 is 17.7 Å². The van der Waals surface area contributed by atoms with Crippen molar-refractivity contribution in [1.82, 2.24) is 4.98 Å². The van der Waals surface area contributed by atoms with Gasteiger partial charge in [-0.1, -0.05) is 12.1 Å². The number of para-hydroxylation sites is 1. The quantitative estimate of drug-likeness (QED) is 0.859. The van der Waals surface area contributed by atoms with Crippen LogP contribution in [0.3, 0.4) is 0 Å². The molecule has 0 unspecified atom stereocenters. The van der Waals surface area contributed by atoms with E-state index in [2.05, 4.69) is 4.98 Å². The molecule has 0 amide bonds. The summed E-state index contributed by atoms with van der Waals surface area (Å²) in [5.74, 6) is -1.46. The van der Waals surface area contributed by atoms with Gasteiger partial charge >= 0.3 is 5.97 Å². The number of aliphatic carboxylic acids is 1. The molecule has 21 heavy (non-hydrogen) atoms. The average molecular weight is 286 g/mol. The fourth-order valence-electron chi connectivity index (χ4n) is 2.07. The van der Waals surface area contributed by atoms with Crippen molar-refractivity contribution in [3.63, 3.8) is 0 Å². The molecule has 5 heteroatoms. The summed E-state index contributed by atoms with van der Waals surface area (Å²) in [7, 11) is 1.76. The van der Waals surface area contributed by atoms with Crippen molar-refractivity contribution in [2.24, 2.45) is 0 Å². The van der Waals surface area contributed by atoms with Gasteiger partial charge in [-0.05, 0) is 29.8 Å². The van der Waals surface area contributed by atoms with Crippen LogP contribution < -0.4 is 4.90 Å². The van der Waals surface area contributed by atoms with Crippen molar-refractivity contribution < 1.29 is 14.3 Å². The summed E-state index contributed by atoms with van der Waals surface area (Å²) in [5, 5.41) is 8.71. The molecule has 0 radical (unpaired) electrons. The smallest absolute Gasteiger partial charge is 0.328 e. The maximum Gasteiger partial charge on any atom is 0.328 e. The summed E-state index contributed by atoms with van der Waals surface area (Å²) < 4.78 is 14.1. The van der Waals surface area contributed by atoms with Gasteiger partial charge in [-0.25, -0.2) is 9.18 Å². The van der Waals surface area contributed by atoms with Gasteiger partial charge in [-0.2, -0.15) is 0 Å². The summed E-state index contributed by atoms with van der Waals surface area (Å²) in [6, 6.07) is 8.30. The summed E-state index contributed by atoms with van der Waals surface area (Å²) in [4.78, 5) is 16.3. The van der Waals surface area contributed by atoms with Crippen LogP contribution in [0, 0.1) is 5.82 Å². The van der Waals surface area contributed by atoms with Gasteiger partial charge in [0.05, 0.1) is 5.69 Å². The van der Waals surface area contributed by atoms with Crippen LogP contribution in [-0.4, -0.2) is 23.1 Å². The molecule has 0 atom stereocenters. The third-order valence-corrected chi connectivity index (χ3v) is 2.97. The lowest BCUT2D eigenvalue weighted by atomic mass is 10.1. The van der Waals surface area contributed by atoms with E-state index in [4.69, 9.17) is 5.11 Å². The highest BCUT2D eigenvalue weighted by atomic mass is 19.1. The second-order valence-corrected chi connectivity index (χ2v) is 4.56. The molecular weight excluding hydrogens is 271 g/mol. The molecule has 4 nitrogen and oxygen atoms in total. The lowest BCUT2D eigenvalue weighted by Gasteiger charge is -2.22. The Morgan fingerprint density at radius 1 is 1.33 bits per heavy atom. The van der Waals surface area contributed by atoms with Crippen LogP contribution in [-0.2, 0) is 11.3 Å². The third-order valence-electron chi connectivity index (χ3n) is 2.97. The van der Waals surface area contributed by atoms with Gasteiger partial charge in [-0.3, -0.25) is 4.98 Å². The Morgan fingerprint density at radius 3 is 2.71 bits per heavy atom. The fraction of sp³-hybridized carbons (Fsp3) is 0.125. The normalized spacial score (nSPS) is 10.8. The molecule has 1 heterocycles. The lowest BCUT2D eigenvalue weighted by molar-refractivity contribution is -0.131. The summed E-state index contributed by atoms with van der Waals surface area (Å²) in [6.45, 7) is 0.497. The number of benzene rings is 1. The number of halogens is 1. The van der Waals surface area contributed by atoms with Gasteiger partial charge in [0.25, 0.3) is 0 Å². The monoisotopic (exact) mass is 286 g/mol. The summed E-state index contributed by atoms with van der Waals surface area (Å²) in [5.41, 5.74) is 1.88. The standard InChI is InChI=1S/C16H15FN2O2/c1-19(11-12-7-9-18-10-8-12)16-13(5-6-15(20)21)3-2-4-14(16)17/h2-10H,11H2,1H3,(H,20,21)/b6-5+. The van der Waals surface area contributed by atoms with Crippen molar-refractivity contribution in [2.45, 2.75) is 6.54 Å². The minimum atomic E-state index is -1.07. The second-order valence-electron chi connectivity index (χ2n) is 4.56. The van der Waals surface area contributed by atoms with Crippen LogP contribution in [0.1, 0.15) is 11.1 Å². The zero-order chi connectivity index (χ0) is 15.2. The zero-order valence-electron chi connectivity index (χ0n) is 11.5. The van der Waals surface area contributed by atoms with Gasteiger partial charge in [0, 0.05) is 37.6 Å². The molecule has 1 N–H and O–H groups in total. The van der Waals surface area contributed by atoms with Crippen LogP contribution in [0.5, 0.6) is 0 Å². The van der Waals surface area contributed by atoms with E-state index in [-0.39, 0.29) is 5.82 Å². The Hall–Kier alpha value is -2.69. The van der Waals surface area contributed by atoms with Crippen molar-refractivity contribution in [1.29, 1.82) is 0 Å². The largest absolute Gasteiger partial charge is 0.478 e. The van der Waals surface area contributed by atoms with E-state index >= 15 is 0 Å².